The van der Waals surface area contributed by atoms with Gasteiger partial charge in [-0.15, -0.1) is 0 Å². The largest absolute Gasteiger partial charge is 0.311 e. The molecule has 0 aliphatic carbocycles. The van der Waals surface area contributed by atoms with Crippen molar-refractivity contribution in [2.75, 3.05) is 19.6 Å². The van der Waals surface area contributed by atoms with Crippen LogP contribution in [0.3, 0.4) is 0 Å². The summed E-state index contributed by atoms with van der Waals surface area (Å²) in [4.78, 5) is 2.65. The zero-order valence-electron chi connectivity index (χ0n) is 12.6. The third-order valence-electron chi connectivity index (χ3n) is 4.07. The highest BCUT2D eigenvalue weighted by Crippen LogP contribution is 2.14. The first kappa shape index (κ1) is 14.5. The Balaban J connectivity index is 1.83. The maximum atomic E-state index is 3.69. The molecule has 106 valence electrons. The van der Waals surface area contributed by atoms with Crippen molar-refractivity contribution in [3.8, 4) is 0 Å². The molecule has 0 bridgehead atoms. The number of nitrogens with zero attached hydrogens (tertiary/aromatic N) is 1. The third-order valence-corrected chi connectivity index (χ3v) is 4.07. The molecule has 1 N–H and O–H groups in total. The Bertz CT molecular complexity index is 361. The number of rotatable bonds is 5. The van der Waals surface area contributed by atoms with Gasteiger partial charge in [0.25, 0.3) is 0 Å². The molecule has 2 unspecified atom stereocenters. The van der Waals surface area contributed by atoms with Crippen molar-refractivity contribution >= 4 is 0 Å². The van der Waals surface area contributed by atoms with Crippen LogP contribution in [0.4, 0.5) is 0 Å². The zero-order chi connectivity index (χ0) is 13.7. The van der Waals surface area contributed by atoms with Gasteiger partial charge in [0, 0.05) is 31.7 Å². The van der Waals surface area contributed by atoms with Crippen LogP contribution in [0.15, 0.2) is 30.3 Å². The highest BCUT2D eigenvalue weighted by atomic mass is 15.2. The third kappa shape index (κ3) is 4.63. The Hall–Kier alpha value is -0.860. The fourth-order valence-corrected chi connectivity index (χ4v) is 2.95. The van der Waals surface area contributed by atoms with Gasteiger partial charge < -0.3 is 5.32 Å². The monoisotopic (exact) mass is 260 g/mol. The molecular formula is C17H28N2. The van der Waals surface area contributed by atoms with Crippen LogP contribution in [0.1, 0.15) is 32.8 Å². The van der Waals surface area contributed by atoms with Crippen LogP contribution >= 0.6 is 0 Å². The van der Waals surface area contributed by atoms with Crippen molar-refractivity contribution in [3.05, 3.63) is 35.9 Å². The van der Waals surface area contributed by atoms with Crippen molar-refractivity contribution in [2.24, 2.45) is 5.92 Å². The van der Waals surface area contributed by atoms with E-state index in [2.05, 4.69) is 61.3 Å². The number of nitrogens with one attached hydrogen (secondary N) is 1. The Morgan fingerprint density at radius 1 is 1.26 bits per heavy atom. The van der Waals surface area contributed by atoms with Gasteiger partial charge in [-0.3, -0.25) is 4.90 Å². The van der Waals surface area contributed by atoms with Crippen molar-refractivity contribution in [1.82, 2.24) is 10.2 Å². The molecule has 1 aliphatic heterocycles. The molecule has 0 radical (unpaired) electrons. The molecule has 2 nitrogen and oxygen atoms in total. The van der Waals surface area contributed by atoms with Gasteiger partial charge in [0.05, 0.1) is 0 Å². The Labute approximate surface area is 118 Å². The summed E-state index contributed by atoms with van der Waals surface area (Å²) in [6.45, 7) is 10.5. The van der Waals surface area contributed by atoms with Gasteiger partial charge in [-0.05, 0) is 31.2 Å². The Kier molecular flexibility index (Phi) is 5.41. The number of hydrogen-bond donors (Lipinski definition) is 1. The molecule has 0 spiro atoms. The average molecular weight is 260 g/mol. The van der Waals surface area contributed by atoms with Crippen molar-refractivity contribution < 1.29 is 0 Å². The molecule has 19 heavy (non-hydrogen) atoms. The molecular weight excluding hydrogens is 232 g/mol. The van der Waals surface area contributed by atoms with Crippen LogP contribution in [0.25, 0.3) is 0 Å². The van der Waals surface area contributed by atoms with E-state index in [-0.39, 0.29) is 0 Å². The van der Waals surface area contributed by atoms with Crippen molar-refractivity contribution in [3.63, 3.8) is 0 Å². The van der Waals surface area contributed by atoms with Gasteiger partial charge in [0.15, 0.2) is 0 Å². The van der Waals surface area contributed by atoms with Gasteiger partial charge in [-0.25, -0.2) is 0 Å². The molecule has 1 aliphatic rings. The van der Waals surface area contributed by atoms with E-state index in [1.807, 2.05) is 0 Å². The van der Waals surface area contributed by atoms with Crippen LogP contribution in [0.5, 0.6) is 0 Å². The molecule has 2 rings (SSSR count). The summed E-state index contributed by atoms with van der Waals surface area (Å²) in [6.07, 6.45) is 2.45. The van der Waals surface area contributed by atoms with Crippen LogP contribution in [-0.2, 0) is 6.42 Å². The van der Waals surface area contributed by atoms with Gasteiger partial charge in [-0.2, -0.15) is 0 Å². The normalized spacial score (nSPS) is 24.8. The predicted molar refractivity (Wildman–Crippen MR) is 82.4 cm³/mol. The molecule has 0 saturated carbocycles. The minimum Gasteiger partial charge on any atom is -0.311 e. The smallest absolute Gasteiger partial charge is 0.0198 e. The quantitative estimate of drug-likeness (QED) is 0.875. The van der Waals surface area contributed by atoms with Crippen molar-refractivity contribution in [1.29, 1.82) is 0 Å². The van der Waals surface area contributed by atoms with E-state index in [0.717, 1.165) is 12.5 Å². The van der Waals surface area contributed by atoms with E-state index in [9.17, 15) is 0 Å². The summed E-state index contributed by atoms with van der Waals surface area (Å²) < 4.78 is 0. The minimum atomic E-state index is 0.659. The highest BCUT2D eigenvalue weighted by Gasteiger charge is 2.24. The SMILES string of the molecule is CC(C)CC1CN(CCc2ccccc2)C(C)CN1. The minimum absolute atomic E-state index is 0.659. The van der Waals surface area contributed by atoms with Crippen LogP contribution in [0.2, 0.25) is 0 Å². The number of piperazine rings is 1. The zero-order valence-corrected chi connectivity index (χ0v) is 12.6. The van der Waals surface area contributed by atoms with Gasteiger partial charge in [-0.1, -0.05) is 44.2 Å². The molecule has 2 atom stereocenters. The first-order chi connectivity index (χ1) is 9.15. The molecule has 2 heteroatoms. The summed E-state index contributed by atoms with van der Waals surface area (Å²) in [5.74, 6) is 0.780. The lowest BCUT2D eigenvalue weighted by Gasteiger charge is -2.39. The Morgan fingerprint density at radius 2 is 2.00 bits per heavy atom. The van der Waals surface area contributed by atoms with E-state index in [1.54, 1.807) is 0 Å². The van der Waals surface area contributed by atoms with E-state index >= 15 is 0 Å². The lowest BCUT2D eigenvalue weighted by Crippen LogP contribution is -2.56. The Morgan fingerprint density at radius 3 is 2.68 bits per heavy atom. The van der Waals surface area contributed by atoms with Gasteiger partial charge >= 0.3 is 0 Å². The average Bonchev–Trinajstić information content (AvgIpc) is 2.40. The topological polar surface area (TPSA) is 15.3 Å². The fourth-order valence-electron chi connectivity index (χ4n) is 2.95. The molecule has 1 aromatic carbocycles. The van der Waals surface area contributed by atoms with Gasteiger partial charge in [0.2, 0.25) is 0 Å². The summed E-state index contributed by atoms with van der Waals surface area (Å²) in [5, 5.41) is 3.69. The van der Waals surface area contributed by atoms with Gasteiger partial charge in [0.1, 0.15) is 0 Å². The maximum Gasteiger partial charge on any atom is 0.0198 e. The van der Waals surface area contributed by atoms with Crippen LogP contribution in [0, 0.1) is 5.92 Å². The van der Waals surface area contributed by atoms with E-state index in [4.69, 9.17) is 0 Å². The summed E-state index contributed by atoms with van der Waals surface area (Å²) >= 11 is 0. The summed E-state index contributed by atoms with van der Waals surface area (Å²) in [5.41, 5.74) is 1.45. The summed E-state index contributed by atoms with van der Waals surface area (Å²) in [7, 11) is 0. The number of hydrogen-bond acceptors (Lipinski definition) is 2. The molecule has 1 heterocycles. The first-order valence-electron chi connectivity index (χ1n) is 7.66. The molecule has 0 amide bonds. The first-order valence-corrected chi connectivity index (χ1v) is 7.66. The van der Waals surface area contributed by atoms with Crippen LogP contribution in [-0.4, -0.2) is 36.6 Å². The second-order valence-corrected chi connectivity index (χ2v) is 6.31. The highest BCUT2D eigenvalue weighted by molar-refractivity contribution is 5.15. The predicted octanol–water partition coefficient (Wildman–Crippen LogP) is 2.94. The second kappa shape index (κ2) is 7.06. The van der Waals surface area contributed by atoms with Crippen molar-refractivity contribution in [2.45, 2.75) is 45.7 Å². The lowest BCUT2D eigenvalue weighted by molar-refractivity contribution is 0.133. The molecule has 1 saturated heterocycles. The molecule has 1 aromatic rings. The summed E-state index contributed by atoms with van der Waals surface area (Å²) in [6, 6.07) is 12.2. The van der Waals surface area contributed by atoms with E-state index in [1.165, 1.54) is 31.5 Å². The maximum absolute atomic E-state index is 3.69. The van der Waals surface area contributed by atoms with Crippen LogP contribution < -0.4 is 5.32 Å². The second-order valence-electron chi connectivity index (χ2n) is 6.31. The lowest BCUT2D eigenvalue weighted by atomic mass is 9.99. The molecule has 0 aromatic heterocycles. The standard InChI is InChI=1S/C17H28N2/c1-14(2)11-17-13-19(15(3)12-18-17)10-9-16-7-5-4-6-8-16/h4-8,14-15,17-18H,9-13H2,1-3H3. The van der Waals surface area contributed by atoms with E-state index < -0.39 is 0 Å². The van der Waals surface area contributed by atoms with E-state index in [0.29, 0.717) is 12.1 Å². The molecule has 1 fully saturated rings. The number of benzene rings is 1. The fraction of sp³-hybridized carbons (Fsp3) is 0.647.